The maximum atomic E-state index is 11.8. The molecule has 0 saturated heterocycles. The largest absolute Gasteiger partial charge is 0.320 e. The molecule has 0 atom stereocenters. The zero-order valence-corrected chi connectivity index (χ0v) is 12.3. The third-order valence-electron chi connectivity index (χ3n) is 2.23. The number of nitrogens with two attached hydrogens (primary N) is 1. The molecule has 0 aliphatic rings. The van der Waals surface area contributed by atoms with Crippen molar-refractivity contribution in [3.63, 3.8) is 0 Å². The lowest BCUT2D eigenvalue weighted by atomic mass is 10.3. The molecule has 0 aromatic carbocycles. The number of rotatable bonds is 4. The molecule has 1 aromatic rings. The van der Waals surface area contributed by atoms with Crippen LogP contribution in [0.15, 0.2) is 11.4 Å². The normalized spacial score (nSPS) is 11.7. The Balaban J connectivity index is 2.77. The summed E-state index contributed by atoms with van der Waals surface area (Å²) in [5.74, 6) is 5.69. The highest BCUT2D eigenvalue weighted by molar-refractivity contribution is 7.86. The van der Waals surface area contributed by atoms with E-state index in [0.29, 0.717) is 13.1 Å². The molecule has 1 heterocycles. The van der Waals surface area contributed by atoms with Gasteiger partial charge >= 0.3 is 0 Å². The van der Waals surface area contributed by atoms with E-state index in [2.05, 4.69) is 11.8 Å². The Morgan fingerprint density at radius 1 is 1.39 bits per heavy atom. The fraction of sp³-hybridized carbons (Fsp3) is 0.455. The molecule has 2 N–H and O–H groups in total. The summed E-state index contributed by atoms with van der Waals surface area (Å²) in [6.45, 7) is 0.656. The molecular weight excluding hydrogens is 270 g/mol. The average Bonchev–Trinajstić information content (AvgIpc) is 2.73. The van der Waals surface area contributed by atoms with Gasteiger partial charge in [-0.1, -0.05) is 11.8 Å². The van der Waals surface area contributed by atoms with Crippen LogP contribution in [0, 0.1) is 11.8 Å². The summed E-state index contributed by atoms with van der Waals surface area (Å²) in [7, 11) is 1.21. The van der Waals surface area contributed by atoms with E-state index in [9.17, 15) is 8.42 Å². The average molecular weight is 287 g/mol. The van der Waals surface area contributed by atoms with Crippen molar-refractivity contribution in [2.45, 2.75) is 6.54 Å². The summed E-state index contributed by atoms with van der Waals surface area (Å²) in [5.41, 5.74) is 6.22. The van der Waals surface area contributed by atoms with Crippen molar-refractivity contribution < 1.29 is 8.42 Å². The quantitative estimate of drug-likeness (QED) is 0.810. The highest BCUT2D eigenvalue weighted by atomic mass is 32.2. The van der Waals surface area contributed by atoms with E-state index in [1.54, 1.807) is 7.05 Å². The topological polar surface area (TPSA) is 66.6 Å². The second-order valence-electron chi connectivity index (χ2n) is 3.87. The predicted molar refractivity (Wildman–Crippen MR) is 74.3 cm³/mol. The van der Waals surface area contributed by atoms with Crippen LogP contribution >= 0.6 is 11.3 Å². The first-order chi connectivity index (χ1) is 8.37. The summed E-state index contributed by atoms with van der Waals surface area (Å²) >= 11 is 1.49. The van der Waals surface area contributed by atoms with Crippen molar-refractivity contribution in [3.05, 3.63) is 21.9 Å². The third kappa shape index (κ3) is 3.80. The highest BCUT2D eigenvalue weighted by Crippen LogP contribution is 2.16. The lowest BCUT2D eigenvalue weighted by Crippen LogP contribution is -2.36. The summed E-state index contributed by atoms with van der Waals surface area (Å²) in [4.78, 5) is 0.895. The van der Waals surface area contributed by atoms with Crippen molar-refractivity contribution in [2.75, 3.05) is 27.7 Å². The SMILES string of the molecule is CN(C)S(=O)(=O)N(C)Cc1csc(C#CCN)c1. The van der Waals surface area contributed by atoms with E-state index in [-0.39, 0.29) is 0 Å². The Morgan fingerprint density at radius 3 is 2.61 bits per heavy atom. The molecule has 0 unspecified atom stereocenters. The van der Waals surface area contributed by atoms with Crippen LogP contribution in [0.3, 0.4) is 0 Å². The Labute approximate surface area is 112 Å². The summed E-state index contributed by atoms with van der Waals surface area (Å²) in [6.07, 6.45) is 0. The third-order valence-corrected chi connectivity index (χ3v) is 4.96. The van der Waals surface area contributed by atoms with Crippen molar-refractivity contribution in [3.8, 4) is 11.8 Å². The summed E-state index contributed by atoms with van der Waals surface area (Å²) in [5, 5.41) is 1.90. The van der Waals surface area contributed by atoms with Crippen LogP contribution in [0.2, 0.25) is 0 Å². The van der Waals surface area contributed by atoms with E-state index in [1.807, 2.05) is 11.4 Å². The molecule has 0 bridgehead atoms. The Kier molecular flexibility index (Phi) is 5.31. The molecule has 0 aliphatic heterocycles. The van der Waals surface area contributed by atoms with E-state index in [0.717, 1.165) is 10.4 Å². The lowest BCUT2D eigenvalue weighted by molar-refractivity contribution is 0.414. The highest BCUT2D eigenvalue weighted by Gasteiger charge is 2.20. The van der Waals surface area contributed by atoms with Crippen LogP contribution in [-0.4, -0.2) is 44.7 Å². The standard InChI is InChI=1S/C11H17N3O2S2/c1-13(2)18(15,16)14(3)8-10-7-11(17-9-10)5-4-6-12/h7,9H,6,8,12H2,1-3H3. The van der Waals surface area contributed by atoms with Crippen LogP contribution in [0.25, 0.3) is 0 Å². The Bertz CT molecular complexity index is 552. The van der Waals surface area contributed by atoms with Gasteiger partial charge in [0.05, 0.1) is 11.4 Å². The van der Waals surface area contributed by atoms with E-state index in [1.165, 1.54) is 34.0 Å². The second kappa shape index (κ2) is 6.31. The van der Waals surface area contributed by atoms with Crippen molar-refractivity contribution in [1.29, 1.82) is 0 Å². The van der Waals surface area contributed by atoms with Gasteiger partial charge in [0, 0.05) is 27.7 Å². The molecule has 0 amide bonds. The zero-order chi connectivity index (χ0) is 13.8. The first-order valence-electron chi connectivity index (χ1n) is 5.28. The van der Waals surface area contributed by atoms with Gasteiger partial charge in [0.15, 0.2) is 0 Å². The zero-order valence-electron chi connectivity index (χ0n) is 10.7. The fourth-order valence-corrected chi connectivity index (χ4v) is 2.92. The number of nitrogens with zero attached hydrogens (tertiary/aromatic N) is 2. The van der Waals surface area contributed by atoms with Crippen LogP contribution in [-0.2, 0) is 16.8 Å². The van der Waals surface area contributed by atoms with Gasteiger partial charge in [-0.2, -0.15) is 17.0 Å². The molecule has 5 nitrogen and oxygen atoms in total. The lowest BCUT2D eigenvalue weighted by Gasteiger charge is -2.20. The molecule has 1 rings (SSSR count). The van der Waals surface area contributed by atoms with Crippen LogP contribution < -0.4 is 5.73 Å². The monoisotopic (exact) mass is 287 g/mol. The first-order valence-corrected chi connectivity index (χ1v) is 7.55. The van der Waals surface area contributed by atoms with Crippen molar-refractivity contribution >= 4 is 21.5 Å². The van der Waals surface area contributed by atoms with Crippen molar-refractivity contribution in [2.24, 2.45) is 5.73 Å². The molecule has 0 aliphatic carbocycles. The molecule has 7 heteroatoms. The number of hydrogen-bond acceptors (Lipinski definition) is 4. The van der Waals surface area contributed by atoms with Crippen LogP contribution in [0.1, 0.15) is 10.4 Å². The summed E-state index contributed by atoms with van der Waals surface area (Å²) < 4.78 is 26.1. The number of thiophene rings is 1. The van der Waals surface area contributed by atoms with E-state index < -0.39 is 10.2 Å². The first kappa shape index (κ1) is 15.1. The molecule has 0 saturated carbocycles. The Hall–Kier alpha value is -0.910. The van der Waals surface area contributed by atoms with Gasteiger partial charge in [-0.25, -0.2) is 0 Å². The maximum Gasteiger partial charge on any atom is 0.281 e. The van der Waals surface area contributed by atoms with Gasteiger partial charge in [-0.05, 0) is 17.0 Å². The minimum Gasteiger partial charge on any atom is -0.320 e. The maximum absolute atomic E-state index is 11.8. The molecule has 1 aromatic heterocycles. The van der Waals surface area contributed by atoms with Gasteiger partial charge in [0.25, 0.3) is 10.2 Å². The van der Waals surface area contributed by atoms with Crippen LogP contribution in [0.5, 0.6) is 0 Å². The van der Waals surface area contributed by atoms with Crippen molar-refractivity contribution in [1.82, 2.24) is 8.61 Å². The van der Waals surface area contributed by atoms with E-state index in [4.69, 9.17) is 5.73 Å². The molecule has 100 valence electrons. The van der Waals surface area contributed by atoms with Gasteiger partial charge < -0.3 is 5.73 Å². The van der Waals surface area contributed by atoms with Crippen LogP contribution in [0.4, 0.5) is 0 Å². The molecule has 0 radical (unpaired) electrons. The molecular formula is C11H17N3O2S2. The minimum absolute atomic E-state index is 0.322. The van der Waals surface area contributed by atoms with E-state index >= 15 is 0 Å². The Morgan fingerprint density at radius 2 is 2.06 bits per heavy atom. The second-order valence-corrected chi connectivity index (χ2v) is 7.03. The number of hydrogen-bond donors (Lipinski definition) is 1. The fourth-order valence-electron chi connectivity index (χ4n) is 1.28. The molecule has 0 spiro atoms. The minimum atomic E-state index is -3.37. The molecule has 0 fully saturated rings. The van der Waals surface area contributed by atoms with Gasteiger partial charge in [-0.3, -0.25) is 0 Å². The van der Waals surface area contributed by atoms with Gasteiger partial charge in [-0.15, -0.1) is 11.3 Å². The molecule has 18 heavy (non-hydrogen) atoms. The smallest absolute Gasteiger partial charge is 0.281 e. The van der Waals surface area contributed by atoms with Gasteiger partial charge in [0.2, 0.25) is 0 Å². The summed E-state index contributed by atoms with van der Waals surface area (Å²) in [6, 6.07) is 1.88. The predicted octanol–water partition coefficient (Wildman–Crippen LogP) is 0.297. The van der Waals surface area contributed by atoms with Gasteiger partial charge in [0.1, 0.15) is 0 Å².